The average molecular weight is 327 g/mol. The number of rotatable bonds is 1. The number of hydrogen-bond acceptors (Lipinski definition) is 3. The van der Waals surface area contributed by atoms with E-state index in [0.717, 1.165) is 3.14 Å². The van der Waals surface area contributed by atoms with Crippen LogP contribution in [-0.2, 0) is 0 Å². The van der Waals surface area contributed by atoms with Gasteiger partial charge >= 0.3 is 0 Å². The van der Waals surface area contributed by atoms with E-state index in [1.165, 1.54) is 8.29 Å². The second-order valence-electron chi connectivity index (χ2n) is 4.93. The van der Waals surface area contributed by atoms with Crippen LogP contribution in [0.25, 0.3) is 0 Å². The maximum Gasteiger partial charge on any atom is 0.144 e. The number of hydrogen-bond donors (Lipinski definition) is 0. The zero-order valence-corrected chi connectivity index (χ0v) is 14.1. The lowest BCUT2D eigenvalue weighted by Crippen LogP contribution is -2.48. The summed E-state index contributed by atoms with van der Waals surface area (Å²) in [5, 5.41) is 0.384. The highest BCUT2D eigenvalue weighted by molar-refractivity contribution is 9.11. The topological polar surface area (TPSA) is 0 Å². The molecule has 14 heavy (non-hydrogen) atoms. The fourth-order valence-electron chi connectivity index (χ4n) is 0.978. The van der Waals surface area contributed by atoms with Crippen molar-refractivity contribution in [2.24, 2.45) is 0 Å². The Morgan fingerprint density at radius 3 is 2.00 bits per heavy atom. The van der Waals surface area contributed by atoms with Crippen molar-refractivity contribution in [2.75, 3.05) is 0 Å². The van der Waals surface area contributed by atoms with Crippen molar-refractivity contribution in [1.82, 2.24) is 0 Å². The molecule has 0 radical (unpaired) electrons. The minimum absolute atomic E-state index is 0.384. The van der Waals surface area contributed by atoms with Crippen LogP contribution < -0.4 is 4.50 Å². The summed E-state index contributed by atoms with van der Waals surface area (Å²) in [7, 11) is -1.39. The summed E-state index contributed by atoms with van der Waals surface area (Å²) in [6.07, 6.45) is 0. The van der Waals surface area contributed by atoms with Crippen molar-refractivity contribution < 1.29 is 0 Å². The predicted molar refractivity (Wildman–Crippen MR) is 77.6 cm³/mol. The molecule has 1 aromatic heterocycles. The van der Waals surface area contributed by atoms with Gasteiger partial charge in [0.25, 0.3) is 0 Å². The Morgan fingerprint density at radius 1 is 1.21 bits per heavy atom. The molecule has 0 aliphatic carbocycles. The van der Waals surface area contributed by atoms with E-state index in [9.17, 15) is 0 Å². The van der Waals surface area contributed by atoms with Gasteiger partial charge in [0.05, 0.1) is 3.79 Å². The first kappa shape index (κ1) is 13.0. The van der Waals surface area contributed by atoms with E-state index in [1.54, 1.807) is 22.7 Å². The lowest BCUT2D eigenvalue weighted by molar-refractivity contribution is 0.730. The predicted octanol–water partition coefficient (Wildman–Crippen LogP) is 5.02. The average Bonchev–Trinajstić information content (AvgIpc) is 2.27. The molecule has 0 aliphatic heterocycles. The van der Waals surface area contributed by atoms with Crippen LogP contribution >= 0.6 is 50.8 Å². The van der Waals surface area contributed by atoms with E-state index < -0.39 is 8.07 Å². The second kappa shape index (κ2) is 4.09. The maximum absolute atomic E-state index is 5.24. The smallest absolute Gasteiger partial charge is 0.121 e. The van der Waals surface area contributed by atoms with Crippen molar-refractivity contribution in [3.63, 3.8) is 0 Å². The van der Waals surface area contributed by atoms with E-state index >= 15 is 0 Å². The normalized spacial score (nSPS) is 13.3. The van der Waals surface area contributed by atoms with Crippen molar-refractivity contribution in [3.8, 4) is 0 Å². The van der Waals surface area contributed by atoms with Gasteiger partial charge in [-0.3, -0.25) is 0 Å². The molecule has 0 spiro atoms. The Labute approximate surface area is 109 Å². The van der Waals surface area contributed by atoms with Crippen LogP contribution in [0.5, 0.6) is 0 Å². The summed E-state index contributed by atoms with van der Waals surface area (Å²) in [5.74, 6) is 0. The fourth-order valence-corrected chi connectivity index (χ4v) is 10.5. The molecule has 0 saturated carbocycles. The molecule has 1 rings (SSSR count). The number of halogens is 1. The van der Waals surface area contributed by atoms with Gasteiger partial charge < -0.3 is 0 Å². The van der Waals surface area contributed by atoms with Gasteiger partial charge in [-0.2, -0.15) is 0 Å². The molecule has 1 aromatic rings. The minimum atomic E-state index is -1.39. The Bertz CT molecular complexity index is 383. The zero-order valence-electron chi connectivity index (χ0n) is 9.10. The molecule has 0 N–H and O–H groups in total. The molecule has 0 fully saturated rings. The summed E-state index contributed by atoms with van der Waals surface area (Å²) in [6.45, 7) is 11.8. The quantitative estimate of drug-likeness (QED) is 0.516. The molecule has 5 heteroatoms. The van der Waals surface area contributed by atoms with Gasteiger partial charge in [-0.25, -0.2) is 0 Å². The molecule has 80 valence electrons. The minimum Gasteiger partial charge on any atom is -0.121 e. The van der Waals surface area contributed by atoms with E-state index in [4.69, 9.17) is 12.2 Å². The lowest BCUT2D eigenvalue weighted by Gasteiger charge is -2.36. The summed E-state index contributed by atoms with van der Waals surface area (Å²) >= 11 is 12.4. The first-order valence-corrected chi connectivity index (χ1v) is 10.3. The molecular weight excluding hydrogens is 312 g/mol. The van der Waals surface area contributed by atoms with Gasteiger partial charge in [-0.05, 0) is 21.0 Å². The Morgan fingerprint density at radius 2 is 1.71 bits per heavy atom. The van der Waals surface area contributed by atoms with Gasteiger partial charge in [0.1, 0.15) is 11.2 Å². The highest BCUT2D eigenvalue weighted by atomic mass is 79.9. The molecule has 0 bridgehead atoms. The monoisotopic (exact) mass is 326 g/mol. The van der Waals surface area contributed by atoms with E-state index in [0.29, 0.717) is 5.04 Å². The third-order valence-electron chi connectivity index (χ3n) is 2.98. The maximum atomic E-state index is 5.24. The van der Waals surface area contributed by atoms with Crippen LogP contribution in [0.4, 0.5) is 0 Å². The Balaban J connectivity index is 3.29. The van der Waals surface area contributed by atoms with Crippen LogP contribution in [-0.4, -0.2) is 8.07 Å². The van der Waals surface area contributed by atoms with E-state index in [-0.39, 0.29) is 0 Å². The van der Waals surface area contributed by atoms with Crippen molar-refractivity contribution in [3.05, 3.63) is 6.92 Å². The zero-order chi connectivity index (χ0) is 11.1. The molecular formula is C9H15BrS3Si. The molecule has 0 saturated heterocycles. The van der Waals surface area contributed by atoms with Gasteiger partial charge in [0, 0.05) is 4.50 Å². The van der Waals surface area contributed by atoms with Crippen LogP contribution in [0.3, 0.4) is 0 Å². The molecule has 0 atom stereocenters. The van der Waals surface area contributed by atoms with Crippen LogP contribution in [0.1, 0.15) is 20.8 Å². The largest absolute Gasteiger partial charge is 0.144 e. The third-order valence-corrected chi connectivity index (χ3v) is 13.9. The fraction of sp³-hybridized carbons (Fsp3) is 0.667. The second-order valence-corrected chi connectivity index (χ2v) is 15.1. The first-order valence-electron chi connectivity index (χ1n) is 4.46. The summed E-state index contributed by atoms with van der Waals surface area (Å²) in [4.78, 5) is 0. The Hall–Kier alpha value is 0.967. The summed E-state index contributed by atoms with van der Waals surface area (Å²) in [6, 6.07) is 0. The Kier molecular flexibility index (Phi) is 3.81. The molecule has 0 nitrogen and oxygen atoms in total. The highest BCUT2D eigenvalue weighted by Crippen LogP contribution is 2.39. The van der Waals surface area contributed by atoms with E-state index in [1.807, 2.05) is 0 Å². The lowest BCUT2D eigenvalue weighted by atomic mass is 10.2. The van der Waals surface area contributed by atoms with Crippen molar-refractivity contribution >= 4 is 63.4 Å². The van der Waals surface area contributed by atoms with Crippen LogP contribution in [0.15, 0.2) is 3.79 Å². The molecule has 0 unspecified atom stereocenters. The molecule has 0 aliphatic rings. The standard InChI is InChI=1S/C9H15BrS3Si/c1-9(2,3)14(4,5)7-6(10)12-8(11)13-7/h1-5H3. The van der Waals surface area contributed by atoms with Crippen molar-refractivity contribution in [2.45, 2.75) is 38.9 Å². The SMILES string of the molecule is CC(C)(C)[Si](C)(C)c1sc(=S)sc1Br. The van der Waals surface area contributed by atoms with E-state index in [2.05, 4.69) is 49.8 Å². The first-order chi connectivity index (χ1) is 6.16. The van der Waals surface area contributed by atoms with Crippen LogP contribution in [0, 0.1) is 3.14 Å². The molecule has 1 heterocycles. The molecule has 0 amide bonds. The summed E-state index contributed by atoms with van der Waals surface area (Å²) < 4.78 is 3.82. The highest BCUT2D eigenvalue weighted by Gasteiger charge is 2.39. The van der Waals surface area contributed by atoms with Gasteiger partial charge in [-0.15, -0.1) is 22.7 Å². The third kappa shape index (κ3) is 2.37. The van der Waals surface area contributed by atoms with Gasteiger partial charge in [0.2, 0.25) is 0 Å². The van der Waals surface area contributed by atoms with Crippen molar-refractivity contribution in [1.29, 1.82) is 0 Å². The van der Waals surface area contributed by atoms with Gasteiger partial charge in [-0.1, -0.05) is 46.1 Å². The van der Waals surface area contributed by atoms with Gasteiger partial charge in [0.15, 0.2) is 0 Å². The summed E-state index contributed by atoms with van der Waals surface area (Å²) in [5.41, 5.74) is 0. The van der Waals surface area contributed by atoms with Crippen LogP contribution in [0.2, 0.25) is 18.1 Å². The molecule has 0 aromatic carbocycles.